The highest BCUT2D eigenvalue weighted by molar-refractivity contribution is 6.32. The standard InChI is InChI=1S/C29H22Cl2N2/c1-2-25-13-11-22(18-32-25)28(20-9-6-10-24(30)16-20)21-12-14-27-23(15-21)17-26(29(31)33-27)19-7-4-3-5-8-19/h3-18,28H,2H2,1H3. The molecule has 0 radical (unpaired) electrons. The van der Waals surface area contributed by atoms with Crippen LogP contribution in [0.25, 0.3) is 22.0 Å². The molecule has 0 saturated heterocycles. The molecule has 5 rings (SSSR count). The van der Waals surface area contributed by atoms with Gasteiger partial charge in [0.25, 0.3) is 0 Å². The van der Waals surface area contributed by atoms with Crippen molar-refractivity contribution in [1.29, 1.82) is 0 Å². The molecule has 162 valence electrons. The number of fused-ring (bicyclic) bond motifs is 1. The van der Waals surface area contributed by atoms with Crippen molar-refractivity contribution in [1.82, 2.24) is 9.97 Å². The van der Waals surface area contributed by atoms with Crippen molar-refractivity contribution in [2.45, 2.75) is 19.3 Å². The Kier molecular flexibility index (Phi) is 6.13. The van der Waals surface area contributed by atoms with E-state index >= 15 is 0 Å². The van der Waals surface area contributed by atoms with Crippen molar-refractivity contribution < 1.29 is 0 Å². The highest BCUT2D eigenvalue weighted by Gasteiger charge is 2.19. The average molecular weight is 469 g/mol. The molecule has 0 aliphatic carbocycles. The fraction of sp³-hybridized carbons (Fsp3) is 0.103. The number of benzene rings is 3. The Labute approximate surface area is 203 Å². The molecule has 1 atom stereocenters. The molecular weight excluding hydrogens is 447 g/mol. The van der Waals surface area contributed by atoms with Gasteiger partial charge in [-0.05, 0) is 65.1 Å². The first kappa shape index (κ1) is 21.6. The lowest BCUT2D eigenvalue weighted by atomic mass is 9.85. The van der Waals surface area contributed by atoms with Gasteiger partial charge in [0.05, 0.1) is 5.52 Å². The van der Waals surface area contributed by atoms with Crippen molar-refractivity contribution in [2.75, 3.05) is 0 Å². The Morgan fingerprint density at radius 3 is 2.27 bits per heavy atom. The van der Waals surface area contributed by atoms with Gasteiger partial charge >= 0.3 is 0 Å². The molecule has 1 unspecified atom stereocenters. The minimum Gasteiger partial charge on any atom is -0.261 e. The van der Waals surface area contributed by atoms with Gasteiger partial charge in [0.15, 0.2) is 0 Å². The molecule has 2 nitrogen and oxygen atoms in total. The second kappa shape index (κ2) is 9.35. The zero-order valence-electron chi connectivity index (χ0n) is 18.2. The minimum atomic E-state index is 0.00218. The maximum atomic E-state index is 6.54. The molecule has 0 fully saturated rings. The van der Waals surface area contributed by atoms with Gasteiger partial charge in [-0.25, -0.2) is 4.98 Å². The van der Waals surface area contributed by atoms with Crippen LogP contribution in [0.3, 0.4) is 0 Å². The number of pyridine rings is 2. The Morgan fingerprint density at radius 1 is 0.758 bits per heavy atom. The van der Waals surface area contributed by atoms with Gasteiger partial charge in [-0.15, -0.1) is 0 Å². The number of hydrogen-bond donors (Lipinski definition) is 0. The molecule has 5 aromatic rings. The van der Waals surface area contributed by atoms with Crippen molar-refractivity contribution in [3.05, 3.63) is 130 Å². The molecule has 0 aliphatic rings. The van der Waals surface area contributed by atoms with Crippen molar-refractivity contribution >= 4 is 34.1 Å². The molecule has 2 aromatic heterocycles. The van der Waals surface area contributed by atoms with Crippen molar-refractivity contribution in [2.24, 2.45) is 0 Å². The third kappa shape index (κ3) is 4.50. The van der Waals surface area contributed by atoms with Crippen LogP contribution in [0.2, 0.25) is 10.2 Å². The van der Waals surface area contributed by atoms with Crippen LogP contribution in [0.15, 0.2) is 97.2 Å². The third-order valence-electron chi connectivity index (χ3n) is 5.94. The molecule has 0 amide bonds. The zero-order valence-corrected chi connectivity index (χ0v) is 19.7. The van der Waals surface area contributed by atoms with E-state index < -0.39 is 0 Å². The highest BCUT2D eigenvalue weighted by Crippen LogP contribution is 2.36. The first-order valence-corrected chi connectivity index (χ1v) is 11.7. The van der Waals surface area contributed by atoms with E-state index in [1.165, 1.54) is 0 Å². The number of nitrogens with zero attached hydrogens (tertiary/aromatic N) is 2. The molecule has 0 N–H and O–H groups in total. The summed E-state index contributed by atoms with van der Waals surface area (Å²) in [5.74, 6) is 0.00218. The van der Waals surface area contributed by atoms with Crippen LogP contribution in [0.1, 0.15) is 35.2 Å². The molecule has 2 heterocycles. The summed E-state index contributed by atoms with van der Waals surface area (Å²) in [4.78, 5) is 9.32. The van der Waals surface area contributed by atoms with E-state index in [2.05, 4.69) is 53.3 Å². The summed E-state index contributed by atoms with van der Waals surface area (Å²) in [6.45, 7) is 2.11. The predicted molar refractivity (Wildman–Crippen MR) is 138 cm³/mol. The number of aromatic nitrogens is 2. The van der Waals surface area contributed by atoms with E-state index in [9.17, 15) is 0 Å². The number of halogens is 2. The van der Waals surface area contributed by atoms with E-state index in [-0.39, 0.29) is 5.92 Å². The SMILES string of the molecule is CCc1ccc(C(c2cccc(Cl)c2)c2ccc3nc(Cl)c(-c4ccccc4)cc3c2)cn1. The number of aryl methyl sites for hydroxylation is 1. The summed E-state index contributed by atoms with van der Waals surface area (Å²) in [6, 6.07) is 30.9. The van der Waals surface area contributed by atoms with Gasteiger partial charge in [0.2, 0.25) is 0 Å². The largest absolute Gasteiger partial charge is 0.261 e. The van der Waals surface area contributed by atoms with E-state index in [1.54, 1.807) is 0 Å². The van der Waals surface area contributed by atoms with Crippen LogP contribution in [0, 0.1) is 0 Å². The minimum absolute atomic E-state index is 0.00218. The number of rotatable bonds is 5. The van der Waals surface area contributed by atoms with Crippen LogP contribution in [-0.2, 0) is 6.42 Å². The normalized spacial score (nSPS) is 12.1. The van der Waals surface area contributed by atoms with Crippen LogP contribution < -0.4 is 0 Å². The second-order valence-corrected chi connectivity index (χ2v) is 8.86. The van der Waals surface area contributed by atoms with E-state index in [0.29, 0.717) is 5.15 Å². The van der Waals surface area contributed by atoms with Crippen LogP contribution in [0.5, 0.6) is 0 Å². The Morgan fingerprint density at radius 2 is 1.55 bits per heavy atom. The summed E-state index contributed by atoms with van der Waals surface area (Å²) in [5.41, 5.74) is 7.32. The molecule has 4 heteroatoms. The van der Waals surface area contributed by atoms with Gasteiger partial charge in [0, 0.05) is 33.8 Å². The first-order valence-electron chi connectivity index (χ1n) is 11.0. The van der Waals surface area contributed by atoms with Gasteiger partial charge in [-0.1, -0.05) is 84.7 Å². The van der Waals surface area contributed by atoms with Gasteiger partial charge in [0.1, 0.15) is 5.15 Å². The molecule has 3 aromatic carbocycles. The summed E-state index contributed by atoms with van der Waals surface area (Å²) in [5, 5.41) is 2.27. The predicted octanol–water partition coefficient (Wildman–Crippen LogP) is 8.35. The van der Waals surface area contributed by atoms with Crippen LogP contribution in [-0.4, -0.2) is 9.97 Å². The highest BCUT2D eigenvalue weighted by atomic mass is 35.5. The van der Waals surface area contributed by atoms with E-state index in [0.717, 1.165) is 55.9 Å². The fourth-order valence-corrected chi connectivity index (χ4v) is 4.70. The summed E-state index contributed by atoms with van der Waals surface area (Å²) < 4.78 is 0. The van der Waals surface area contributed by atoms with Gasteiger partial charge in [-0.2, -0.15) is 0 Å². The molecule has 0 saturated carbocycles. The molecule has 0 aliphatic heterocycles. The molecule has 0 spiro atoms. The Hall–Kier alpha value is -3.20. The first-order chi connectivity index (χ1) is 16.1. The van der Waals surface area contributed by atoms with Gasteiger partial charge < -0.3 is 0 Å². The lowest BCUT2D eigenvalue weighted by molar-refractivity contribution is 0.943. The monoisotopic (exact) mass is 468 g/mol. The topological polar surface area (TPSA) is 25.8 Å². The third-order valence-corrected chi connectivity index (χ3v) is 6.46. The zero-order chi connectivity index (χ0) is 22.8. The summed E-state index contributed by atoms with van der Waals surface area (Å²) in [6.07, 6.45) is 2.89. The van der Waals surface area contributed by atoms with E-state index in [4.69, 9.17) is 23.2 Å². The van der Waals surface area contributed by atoms with Gasteiger partial charge in [-0.3, -0.25) is 4.98 Å². The lowest BCUT2D eigenvalue weighted by Gasteiger charge is -2.20. The summed E-state index contributed by atoms with van der Waals surface area (Å²) >= 11 is 12.9. The Bertz CT molecular complexity index is 1410. The smallest absolute Gasteiger partial charge is 0.137 e. The van der Waals surface area contributed by atoms with Crippen molar-refractivity contribution in [3.63, 3.8) is 0 Å². The average Bonchev–Trinajstić information content (AvgIpc) is 2.85. The maximum Gasteiger partial charge on any atom is 0.137 e. The molecule has 33 heavy (non-hydrogen) atoms. The fourth-order valence-electron chi connectivity index (χ4n) is 4.25. The van der Waals surface area contributed by atoms with Crippen LogP contribution >= 0.6 is 23.2 Å². The lowest BCUT2D eigenvalue weighted by Crippen LogP contribution is -2.05. The molecule has 0 bridgehead atoms. The van der Waals surface area contributed by atoms with Crippen LogP contribution in [0.4, 0.5) is 0 Å². The van der Waals surface area contributed by atoms with E-state index in [1.807, 2.05) is 60.8 Å². The van der Waals surface area contributed by atoms with Crippen molar-refractivity contribution in [3.8, 4) is 11.1 Å². The summed E-state index contributed by atoms with van der Waals surface area (Å²) in [7, 11) is 0. The number of hydrogen-bond acceptors (Lipinski definition) is 2. The quantitative estimate of drug-likeness (QED) is 0.242. The second-order valence-electron chi connectivity index (χ2n) is 8.07. The maximum absolute atomic E-state index is 6.54. The molecular formula is C29H22Cl2N2. The Balaban J connectivity index is 1.67.